The molecule has 21 heavy (non-hydrogen) atoms. The first kappa shape index (κ1) is 17.6. The lowest BCUT2D eigenvalue weighted by molar-refractivity contribution is -0.137. The smallest absolute Gasteiger partial charge is 0.325 e. The second kappa shape index (κ2) is 8.14. The Kier molecular flexibility index (Phi) is 6.83. The van der Waals surface area contributed by atoms with Crippen LogP contribution in [0.4, 0.5) is 0 Å². The van der Waals surface area contributed by atoms with Crippen molar-refractivity contribution in [1.29, 1.82) is 0 Å². The molecular formula is C13H23N3O4S. The van der Waals surface area contributed by atoms with Gasteiger partial charge >= 0.3 is 5.97 Å². The van der Waals surface area contributed by atoms with E-state index in [1.165, 1.54) is 6.20 Å². The molecule has 0 bridgehead atoms. The zero-order valence-corrected chi connectivity index (χ0v) is 13.3. The van der Waals surface area contributed by atoms with Crippen molar-refractivity contribution in [3.63, 3.8) is 0 Å². The van der Waals surface area contributed by atoms with Gasteiger partial charge in [-0.05, 0) is 12.3 Å². The molecule has 0 aromatic carbocycles. The lowest BCUT2D eigenvalue weighted by atomic mass is 10.00. The summed E-state index contributed by atoms with van der Waals surface area (Å²) in [5.41, 5.74) is 0. The molecule has 0 saturated heterocycles. The van der Waals surface area contributed by atoms with E-state index in [1.54, 1.807) is 0 Å². The summed E-state index contributed by atoms with van der Waals surface area (Å²) in [7, 11) is -3.63. The summed E-state index contributed by atoms with van der Waals surface area (Å²) in [6, 6.07) is 0. The molecule has 120 valence electrons. The summed E-state index contributed by atoms with van der Waals surface area (Å²) in [5.74, 6) is -0.755. The summed E-state index contributed by atoms with van der Waals surface area (Å²) in [6.45, 7) is 4.18. The van der Waals surface area contributed by atoms with Crippen molar-refractivity contribution >= 4 is 16.0 Å². The molecule has 7 nitrogen and oxygen atoms in total. The minimum absolute atomic E-state index is 0.00547. The van der Waals surface area contributed by atoms with E-state index in [9.17, 15) is 13.2 Å². The van der Waals surface area contributed by atoms with Crippen molar-refractivity contribution in [2.24, 2.45) is 5.92 Å². The predicted molar refractivity (Wildman–Crippen MR) is 78.4 cm³/mol. The number of nitrogens with one attached hydrogen (secondary N) is 1. The van der Waals surface area contributed by atoms with Crippen LogP contribution in [0.3, 0.4) is 0 Å². The number of hydrogen-bond donors (Lipinski definition) is 2. The fraction of sp³-hybridized carbons (Fsp3) is 0.692. The van der Waals surface area contributed by atoms with Gasteiger partial charge in [-0.25, -0.2) is 13.1 Å². The Hall–Kier alpha value is -1.41. The van der Waals surface area contributed by atoms with E-state index in [0.29, 0.717) is 12.5 Å². The van der Waals surface area contributed by atoms with Crippen LogP contribution < -0.4 is 4.72 Å². The number of carboxylic acid groups (broad SMARTS) is 1. The van der Waals surface area contributed by atoms with Crippen LogP contribution in [0.15, 0.2) is 17.3 Å². The molecule has 2 N–H and O–H groups in total. The molecular weight excluding hydrogens is 294 g/mol. The molecule has 1 atom stereocenters. The van der Waals surface area contributed by atoms with Gasteiger partial charge in [0.2, 0.25) is 10.0 Å². The van der Waals surface area contributed by atoms with Gasteiger partial charge in [-0.1, -0.05) is 33.1 Å². The first-order valence-electron chi connectivity index (χ1n) is 7.13. The lowest BCUT2D eigenvalue weighted by Crippen LogP contribution is -2.29. The summed E-state index contributed by atoms with van der Waals surface area (Å²) >= 11 is 0. The molecule has 1 aromatic rings. The number of nitrogens with zero attached hydrogens (tertiary/aromatic N) is 2. The van der Waals surface area contributed by atoms with Crippen molar-refractivity contribution in [1.82, 2.24) is 14.5 Å². The van der Waals surface area contributed by atoms with Gasteiger partial charge in [0.05, 0.1) is 6.20 Å². The predicted octanol–water partition coefficient (Wildman–Crippen LogP) is 1.46. The Morgan fingerprint density at radius 3 is 2.76 bits per heavy atom. The Balaban J connectivity index is 2.64. The van der Waals surface area contributed by atoms with Gasteiger partial charge in [-0.2, -0.15) is 5.10 Å². The summed E-state index contributed by atoms with van der Waals surface area (Å²) in [4.78, 5) is 10.6. The molecule has 0 spiro atoms. The van der Waals surface area contributed by atoms with Crippen molar-refractivity contribution in [3.05, 3.63) is 12.4 Å². The second-order valence-corrected chi connectivity index (χ2v) is 6.80. The normalized spacial score (nSPS) is 13.2. The number of rotatable bonds is 10. The van der Waals surface area contributed by atoms with Gasteiger partial charge in [0, 0.05) is 12.7 Å². The van der Waals surface area contributed by atoms with Crippen LogP contribution in [0.2, 0.25) is 0 Å². The fourth-order valence-electron chi connectivity index (χ4n) is 1.96. The van der Waals surface area contributed by atoms with Gasteiger partial charge in [0.15, 0.2) is 0 Å². The third-order valence-electron chi connectivity index (χ3n) is 3.32. The number of carbonyl (C=O) groups is 1. The SMILES string of the molecule is CCCCC(CC)CNS(=O)(=O)c1cnn(CC(=O)O)c1. The van der Waals surface area contributed by atoms with Crippen molar-refractivity contribution in [2.45, 2.75) is 51.0 Å². The third kappa shape index (κ3) is 5.84. The Morgan fingerprint density at radius 1 is 1.48 bits per heavy atom. The fourth-order valence-corrected chi connectivity index (χ4v) is 3.03. The number of aromatic nitrogens is 2. The maximum Gasteiger partial charge on any atom is 0.325 e. The molecule has 0 amide bonds. The molecule has 1 rings (SSSR count). The number of unbranched alkanes of at least 4 members (excludes halogenated alkanes) is 1. The zero-order chi connectivity index (χ0) is 15.9. The number of carboxylic acids is 1. The molecule has 0 saturated carbocycles. The molecule has 0 radical (unpaired) electrons. The number of hydrogen-bond acceptors (Lipinski definition) is 4. The largest absolute Gasteiger partial charge is 0.480 e. The Bertz CT molecular complexity index is 554. The van der Waals surface area contributed by atoms with E-state index < -0.39 is 16.0 Å². The Morgan fingerprint density at radius 2 is 2.19 bits per heavy atom. The van der Waals surface area contributed by atoms with E-state index in [-0.39, 0.29) is 11.4 Å². The third-order valence-corrected chi connectivity index (χ3v) is 4.70. The monoisotopic (exact) mass is 317 g/mol. The van der Waals surface area contributed by atoms with Gasteiger partial charge in [-0.15, -0.1) is 0 Å². The standard InChI is InChI=1S/C13H23N3O4S/c1-3-5-6-11(4-2)7-15-21(19,20)12-8-14-16(9-12)10-13(17)18/h8-9,11,15H,3-7,10H2,1-2H3,(H,17,18). The van der Waals surface area contributed by atoms with Gasteiger partial charge in [-0.3, -0.25) is 9.48 Å². The number of aliphatic carboxylic acids is 1. The first-order valence-corrected chi connectivity index (χ1v) is 8.61. The van der Waals surface area contributed by atoms with Crippen LogP contribution in [0, 0.1) is 5.92 Å². The van der Waals surface area contributed by atoms with E-state index in [1.807, 2.05) is 6.92 Å². The van der Waals surface area contributed by atoms with Gasteiger partial charge in [0.25, 0.3) is 0 Å². The quantitative estimate of drug-likeness (QED) is 0.680. The van der Waals surface area contributed by atoms with Crippen LogP contribution >= 0.6 is 0 Å². The molecule has 8 heteroatoms. The zero-order valence-electron chi connectivity index (χ0n) is 12.4. The van der Waals surface area contributed by atoms with E-state index in [4.69, 9.17) is 5.11 Å². The lowest BCUT2D eigenvalue weighted by Gasteiger charge is -2.14. The van der Waals surface area contributed by atoms with E-state index >= 15 is 0 Å². The second-order valence-electron chi connectivity index (χ2n) is 5.04. The highest BCUT2D eigenvalue weighted by Gasteiger charge is 2.18. The maximum absolute atomic E-state index is 12.1. The summed E-state index contributed by atoms with van der Waals surface area (Å²) in [5, 5.41) is 12.4. The van der Waals surface area contributed by atoms with Crippen LogP contribution in [0.5, 0.6) is 0 Å². The molecule has 0 aliphatic heterocycles. The highest BCUT2D eigenvalue weighted by atomic mass is 32.2. The molecule has 0 aliphatic rings. The van der Waals surface area contributed by atoms with Crippen LogP contribution in [0.25, 0.3) is 0 Å². The van der Waals surface area contributed by atoms with Crippen molar-refractivity contribution in [3.8, 4) is 0 Å². The maximum atomic E-state index is 12.1. The van der Waals surface area contributed by atoms with Gasteiger partial charge < -0.3 is 5.11 Å². The minimum Gasteiger partial charge on any atom is -0.480 e. The van der Waals surface area contributed by atoms with Gasteiger partial charge in [0.1, 0.15) is 11.4 Å². The highest BCUT2D eigenvalue weighted by molar-refractivity contribution is 7.89. The summed E-state index contributed by atoms with van der Waals surface area (Å²) < 4.78 is 27.9. The van der Waals surface area contributed by atoms with E-state index in [0.717, 1.165) is 36.6 Å². The highest BCUT2D eigenvalue weighted by Crippen LogP contribution is 2.13. The average Bonchev–Trinajstić information content (AvgIpc) is 2.87. The van der Waals surface area contributed by atoms with Crippen LogP contribution in [0.1, 0.15) is 39.5 Å². The molecule has 0 aliphatic carbocycles. The van der Waals surface area contributed by atoms with Crippen LogP contribution in [-0.4, -0.2) is 35.8 Å². The van der Waals surface area contributed by atoms with Crippen molar-refractivity contribution < 1.29 is 18.3 Å². The van der Waals surface area contributed by atoms with Crippen LogP contribution in [-0.2, 0) is 21.4 Å². The molecule has 1 heterocycles. The minimum atomic E-state index is -3.63. The molecule has 1 unspecified atom stereocenters. The topological polar surface area (TPSA) is 101 Å². The molecule has 1 aromatic heterocycles. The first-order chi connectivity index (χ1) is 9.89. The molecule has 0 fully saturated rings. The van der Waals surface area contributed by atoms with Crippen molar-refractivity contribution in [2.75, 3.05) is 6.54 Å². The number of sulfonamides is 1. The van der Waals surface area contributed by atoms with E-state index in [2.05, 4.69) is 16.7 Å². The summed E-state index contributed by atoms with van der Waals surface area (Å²) in [6.07, 6.45) is 6.47. The average molecular weight is 317 g/mol. The Labute approximate surface area is 125 Å².